The van der Waals surface area contributed by atoms with E-state index in [0.29, 0.717) is 5.56 Å². The van der Waals surface area contributed by atoms with Gasteiger partial charge in [-0.15, -0.1) is 0 Å². The quantitative estimate of drug-likeness (QED) is 0.900. The van der Waals surface area contributed by atoms with Crippen LogP contribution < -0.4 is 0 Å². The Morgan fingerprint density at radius 3 is 2.61 bits per heavy atom. The molecule has 3 heteroatoms. The standard InChI is InChI=1S/C15H19NO2/c1-5-6-11-8-16(4)14-9(2)7-12(15(17)18)10(3)13(11)14/h7-8H,5-6H2,1-4H3,(H,17,18). The van der Waals surface area contributed by atoms with Gasteiger partial charge >= 0.3 is 5.97 Å². The number of carbonyl (C=O) groups is 1. The van der Waals surface area contributed by atoms with E-state index in [0.717, 1.165) is 34.9 Å². The molecule has 18 heavy (non-hydrogen) atoms. The van der Waals surface area contributed by atoms with Crippen LogP contribution in [0.2, 0.25) is 0 Å². The summed E-state index contributed by atoms with van der Waals surface area (Å²) in [6.45, 7) is 6.02. The molecule has 96 valence electrons. The van der Waals surface area contributed by atoms with Gasteiger partial charge in [0.1, 0.15) is 0 Å². The van der Waals surface area contributed by atoms with Gasteiger partial charge in [0.05, 0.1) is 11.1 Å². The van der Waals surface area contributed by atoms with E-state index in [4.69, 9.17) is 0 Å². The molecule has 1 heterocycles. The monoisotopic (exact) mass is 245 g/mol. The van der Waals surface area contributed by atoms with Crippen molar-refractivity contribution in [2.24, 2.45) is 7.05 Å². The number of hydrogen-bond acceptors (Lipinski definition) is 1. The highest BCUT2D eigenvalue weighted by Gasteiger charge is 2.17. The number of rotatable bonds is 3. The van der Waals surface area contributed by atoms with Crippen LogP contribution in [0.3, 0.4) is 0 Å². The molecule has 2 aromatic rings. The molecule has 0 unspecified atom stereocenters. The Hall–Kier alpha value is -1.77. The summed E-state index contributed by atoms with van der Waals surface area (Å²) in [5.74, 6) is -0.844. The summed E-state index contributed by atoms with van der Waals surface area (Å²) in [5.41, 5.74) is 4.73. The second-order valence-electron chi connectivity index (χ2n) is 4.91. The highest BCUT2D eigenvalue weighted by molar-refractivity contribution is 5.99. The first-order chi connectivity index (χ1) is 8.47. The van der Waals surface area contributed by atoms with Crippen LogP contribution in [0.5, 0.6) is 0 Å². The molecule has 0 aliphatic heterocycles. The topological polar surface area (TPSA) is 42.2 Å². The van der Waals surface area contributed by atoms with Crippen molar-refractivity contribution in [3.63, 3.8) is 0 Å². The third-order valence-corrected chi connectivity index (χ3v) is 3.52. The Labute approximate surface area is 107 Å². The molecule has 0 spiro atoms. The molecular weight excluding hydrogens is 226 g/mol. The molecule has 0 atom stereocenters. The second kappa shape index (κ2) is 4.48. The van der Waals surface area contributed by atoms with Gasteiger partial charge in [0.25, 0.3) is 0 Å². The highest BCUT2D eigenvalue weighted by Crippen LogP contribution is 2.30. The van der Waals surface area contributed by atoms with Gasteiger partial charge in [-0.25, -0.2) is 4.79 Å². The fourth-order valence-corrected chi connectivity index (χ4v) is 2.79. The summed E-state index contributed by atoms with van der Waals surface area (Å²) in [6, 6.07) is 1.77. The first-order valence-electron chi connectivity index (χ1n) is 6.28. The number of nitrogens with zero attached hydrogens (tertiary/aromatic N) is 1. The van der Waals surface area contributed by atoms with Crippen LogP contribution in [-0.4, -0.2) is 15.6 Å². The summed E-state index contributed by atoms with van der Waals surface area (Å²) < 4.78 is 2.11. The molecule has 0 saturated heterocycles. The van der Waals surface area contributed by atoms with E-state index < -0.39 is 5.97 Å². The zero-order valence-electron chi connectivity index (χ0n) is 11.4. The first kappa shape index (κ1) is 12.7. The molecule has 0 bridgehead atoms. The maximum absolute atomic E-state index is 11.3. The van der Waals surface area contributed by atoms with E-state index in [-0.39, 0.29) is 0 Å². The summed E-state index contributed by atoms with van der Waals surface area (Å²) in [4.78, 5) is 11.3. The minimum atomic E-state index is -0.844. The largest absolute Gasteiger partial charge is 0.478 e. The smallest absolute Gasteiger partial charge is 0.335 e. The van der Waals surface area contributed by atoms with Gasteiger partial charge in [0.15, 0.2) is 0 Å². The maximum Gasteiger partial charge on any atom is 0.335 e. The molecule has 1 aromatic carbocycles. The van der Waals surface area contributed by atoms with Crippen molar-refractivity contribution in [2.45, 2.75) is 33.6 Å². The Morgan fingerprint density at radius 2 is 2.06 bits per heavy atom. The fraction of sp³-hybridized carbons (Fsp3) is 0.400. The molecule has 0 radical (unpaired) electrons. The van der Waals surface area contributed by atoms with E-state index >= 15 is 0 Å². The first-order valence-corrected chi connectivity index (χ1v) is 6.28. The summed E-state index contributed by atoms with van der Waals surface area (Å²) in [7, 11) is 2.02. The van der Waals surface area contributed by atoms with E-state index in [1.807, 2.05) is 20.9 Å². The van der Waals surface area contributed by atoms with Gasteiger partial charge in [-0.3, -0.25) is 0 Å². The number of carboxylic acids is 1. The van der Waals surface area contributed by atoms with E-state index in [2.05, 4.69) is 17.7 Å². The maximum atomic E-state index is 11.3. The number of aromatic nitrogens is 1. The minimum absolute atomic E-state index is 0.420. The third kappa shape index (κ3) is 1.80. The van der Waals surface area contributed by atoms with Gasteiger partial charge in [0.2, 0.25) is 0 Å². The van der Waals surface area contributed by atoms with Crippen molar-refractivity contribution in [1.82, 2.24) is 4.57 Å². The Bertz CT molecular complexity index is 623. The number of hydrogen-bond donors (Lipinski definition) is 1. The molecule has 3 nitrogen and oxygen atoms in total. The predicted octanol–water partition coefficient (Wildman–Crippen LogP) is 3.45. The van der Waals surface area contributed by atoms with E-state index in [1.165, 1.54) is 5.56 Å². The predicted molar refractivity (Wildman–Crippen MR) is 73.3 cm³/mol. The average molecular weight is 245 g/mol. The lowest BCUT2D eigenvalue weighted by atomic mass is 9.97. The van der Waals surface area contributed by atoms with Crippen LogP contribution in [0, 0.1) is 13.8 Å². The number of fused-ring (bicyclic) bond motifs is 1. The van der Waals surface area contributed by atoms with Crippen molar-refractivity contribution < 1.29 is 9.90 Å². The van der Waals surface area contributed by atoms with Crippen molar-refractivity contribution in [1.29, 1.82) is 0 Å². The van der Waals surface area contributed by atoms with Crippen molar-refractivity contribution >= 4 is 16.9 Å². The van der Waals surface area contributed by atoms with Crippen molar-refractivity contribution in [3.05, 3.63) is 34.5 Å². The average Bonchev–Trinajstić information content (AvgIpc) is 2.61. The van der Waals surface area contributed by atoms with Gasteiger partial charge < -0.3 is 9.67 Å². The lowest BCUT2D eigenvalue weighted by Crippen LogP contribution is -2.02. The summed E-state index contributed by atoms with van der Waals surface area (Å²) in [5, 5.41) is 10.4. The lowest BCUT2D eigenvalue weighted by molar-refractivity contribution is 0.0696. The summed E-state index contributed by atoms with van der Waals surface area (Å²) in [6.07, 6.45) is 4.18. The SMILES string of the molecule is CCCc1cn(C)c2c(C)cc(C(=O)O)c(C)c12. The van der Waals surface area contributed by atoms with Gasteiger partial charge in [0, 0.05) is 18.6 Å². The zero-order valence-corrected chi connectivity index (χ0v) is 11.4. The highest BCUT2D eigenvalue weighted by atomic mass is 16.4. The molecule has 2 rings (SSSR count). The van der Waals surface area contributed by atoms with Crippen LogP contribution in [-0.2, 0) is 13.5 Å². The van der Waals surface area contributed by atoms with Crippen LogP contribution >= 0.6 is 0 Å². The molecule has 0 fully saturated rings. The van der Waals surface area contributed by atoms with E-state index in [1.54, 1.807) is 6.07 Å². The van der Waals surface area contributed by atoms with Crippen molar-refractivity contribution in [2.75, 3.05) is 0 Å². The normalized spacial score (nSPS) is 11.1. The zero-order chi connectivity index (χ0) is 13.4. The Kier molecular flexibility index (Phi) is 3.16. The molecule has 0 amide bonds. The van der Waals surface area contributed by atoms with Crippen LogP contribution in [0.25, 0.3) is 10.9 Å². The number of aromatic carboxylic acids is 1. The molecule has 0 aliphatic rings. The van der Waals surface area contributed by atoms with Gasteiger partial charge in [-0.2, -0.15) is 0 Å². The van der Waals surface area contributed by atoms with Crippen molar-refractivity contribution in [3.8, 4) is 0 Å². The van der Waals surface area contributed by atoms with Crippen LogP contribution in [0.15, 0.2) is 12.3 Å². The Morgan fingerprint density at radius 1 is 1.39 bits per heavy atom. The number of carboxylic acid groups (broad SMARTS) is 1. The molecule has 1 aromatic heterocycles. The second-order valence-corrected chi connectivity index (χ2v) is 4.91. The van der Waals surface area contributed by atoms with Crippen LogP contribution in [0.1, 0.15) is 40.4 Å². The fourth-order valence-electron chi connectivity index (χ4n) is 2.79. The third-order valence-electron chi connectivity index (χ3n) is 3.52. The van der Waals surface area contributed by atoms with Gasteiger partial charge in [-0.1, -0.05) is 13.3 Å². The molecule has 1 N–H and O–H groups in total. The molecule has 0 aliphatic carbocycles. The lowest BCUT2D eigenvalue weighted by Gasteiger charge is -2.09. The molecular formula is C15H19NO2. The number of aryl methyl sites for hydroxylation is 4. The van der Waals surface area contributed by atoms with E-state index in [9.17, 15) is 9.90 Å². The summed E-state index contributed by atoms with van der Waals surface area (Å²) >= 11 is 0. The van der Waals surface area contributed by atoms with Gasteiger partial charge in [-0.05, 0) is 43.0 Å². The Balaban J connectivity index is 2.87. The number of benzene rings is 1. The minimum Gasteiger partial charge on any atom is -0.478 e. The van der Waals surface area contributed by atoms with Crippen LogP contribution in [0.4, 0.5) is 0 Å². The molecule has 0 saturated carbocycles.